The maximum Gasteiger partial charge on any atom is 0.274 e. The van der Waals surface area contributed by atoms with Crippen LogP contribution in [0.2, 0.25) is 10.0 Å². The fraction of sp³-hybridized carbons (Fsp3) is 0.143. The molecule has 104 valence electrons. The summed E-state index contributed by atoms with van der Waals surface area (Å²) in [6, 6.07) is 8.47. The van der Waals surface area contributed by atoms with E-state index in [1.807, 2.05) is 6.92 Å². The zero-order valence-electron chi connectivity index (χ0n) is 11.0. The van der Waals surface area contributed by atoms with Crippen molar-refractivity contribution in [3.63, 3.8) is 0 Å². The molecule has 6 heteroatoms. The van der Waals surface area contributed by atoms with Gasteiger partial charge in [0.25, 0.3) is 5.91 Å². The Morgan fingerprint density at radius 1 is 1.20 bits per heavy atom. The van der Waals surface area contributed by atoms with Crippen molar-refractivity contribution in [1.82, 2.24) is 4.98 Å². The average molecular weight is 310 g/mol. The lowest BCUT2D eigenvalue weighted by Gasteiger charge is -2.09. The number of anilines is 2. The minimum absolute atomic E-state index is 0.296. The second-order valence-corrected chi connectivity index (χ2v) is 5.01. The molecule has 1 aromatic carbocycles. The number of halogens is 2. The molecular weight excluding hydrogens is 297 g/mol. The van der Waals surface area contributed by atoms with Crippen molar-refractivity contribution in [2.75, 3.05) is 17.7 Å². The van der Waals surface area contributed by atoms with E-state index in [2.05, 4.69) is 15.6 Å². The van der Waals surface area contributed by atoms with Crippen molar-refractivity contribution in [2.45, 2.75) is 6.92 Å². The normalized spacial score (nSPS) is 10.2. The highest BCUT2D eigenvalue weighted by Crippen LogP contribution is 2.29. The van der Waals surface area contributed by atoms with Gasteiger partial charge >= 0.3 is 0 Å². The lowest BCUT2D eigenvalue weighted by atomic mass is 10.2. The predicted molar refractivity (Wildman–Crippen MR) is 82.9 cm³/mol. The van der Waals surface area contributed by atoms with E-state index in [0.717, 1.165) is 5.56 Å². The van der Waals surface area contributed by atoms with E-state index in [1.165, 1.54) is 0 Å². The molecule has 0 radical (unpaired) electrons. The topological polar surface area (TPSA) is 54.0 Å². The lowest BCUT2D eigenvalue weighted by Crippen LogP contribution is -2.14. The molecule has 0 spiro atoms. The Morgan fingerprint density at radius 3 is 2.65 bits per heavy atom. The van der Waals surface area contributed by atoms with Gasteiger partial charge in [0.15, 0.2) is 0 Å². The number of rotatable bonds is 3. The molecule has 1 aromatic heterocycles. The molecule has 0 fully saturated rings. The van der Waals surface area contributed by atoms with Crippen molar-refractivity contribution in [3.05, 3.63) is 51.6 Å². The Morgan fingerprint density at radius 2 is 1.95 bits per heavy atom. The summed E-state index contributed by atoms with van der Waals surface area (Å²) in [4.78, 5) is 16.3. The number of carbonyl (C=O) groups is 1. The summed E-state index contributed by atoms with van der Waals surface area (Å²) in [5.74, 6) is 0.273. The third-order valence-corrected chi connectivity index (χ3v) is 3.45. The molecule has 0 atom stereocenters. The smallest absolute Gasteiger partial charge is 0.274 e. The number of hydrogen-bond donors (Lipinski definition) is 2. The van der Waals surface area contributed by atoms with Gasteiger partial charge in [0.05, 0.1) is 10.7 Å². The van der Waals surface area contributed by atoms with E-state index in [1.54, 1.807) is 37.4 Å². The van der Waals surface area contributed by atoms with Crippen molar-refractivity contribution >= 4 is 40.6 Å². The Hall–Kier alpha value is -1.78. The predicted octanol–water partition coefficient (Wildman–Crippen LogP) is 3.99. The van der Waals surface area contributed by atoms with Gasteiger partial charge in [-0.15, -0.1) is 0 Å². The molecule has 2 rings (SSSR count). The van der Waals surface area contributed by atoms with Gasteiger partial charge in [-0.25, -0.2) is 4.98 Å². The number of benzene rings is 1. The van der Waals surface area contributed by atoms with Crippen LogP contribution >= 0.6 is 23.2 Å². The zero-order valence-corrected chi connectivity index (χ0v) is 12.5. The Bertz CT molecular complexity index is 659. The maximum atomic E-state index is 12.1. The van der Waals surface area contributed by atoms with Gasteiger partial charge < -0.3 is 10.6 Å². The minimum Gasteiger partial charge on any atom is -0.373 e. The molecule has 0 bridgehead atoms. The molecule has 0 aliphatic heterocycles. The van der Waals surface area contributed by atoms with Crippen LogP contribution in [0.1, 0.15) is 16.1 Å². The highest BCUT2D eigenvalue weighted by atomic mass is 35.5. The molecule has 4 nitrogen and oxygen atoms in total. The molecule has 0 unspecified atom stereocenters. The molecule has 20 heavy (non-hydrogen) atoms. The number of nitrogens with zero attached hydrogens (tertiary/aromatic N) is 1. The zero-order chi connectivity index (χ0) is 14.7. The second kappa shape index (κ2) is 6.11. The summed E-state index contributed by atoms with van der Waals surface area (Å²) in [7, 11) is 1.74. The van der Waals surface area contributed by atoms with Gasteiger partial charge in [-0.3, -0.25) is 4.79 Å². The van der Waals surface area contributed by atoms with Crippen LogP contribution in [-0.2, 0) is 0 Å². The van der Waals surface area contributed by atoms with Crippen molar-refractivity contribution in [2.24, 2.45) is 0 Å². The van der Waals surface area contributed by atoms with Gasteiger partial charge in [0.2, 0.25) is 0 Å². The van der Waals surface area contributed by atoms with E-state index in [4.69, 9.17) is 23.2 Å². The van der Waals surface area contributed by atoms with Crippen LogP contribution in [0, 0.1) is 6.92 Å². The molecule has 1 heterocycles. The molecule has 2 aromatic rings. The molecule has 1 amide bonds. The molecule has 2 N–H and O–H groups in total. The fourth-order valence-corrected chi connectivity index (χ4v) is 2.06. The number of aryl methyl sites for hydroxylation is 1. The number of hydrogen-bond acceptors (Lipinski definition) is 3. The van der Waals surface area contributed by atoms with E-state index in [-0.39, 0.29) is 5.91 Å². The minimum atomic E-state index is -0.344. The molecule has 0 aliphatic rings. The second-order valence-electron chi connectivity index (χ2n) is 4.19. The van der Waals surface area contributed by atoms with Crippen LogP contribution < -0.4 is 10.6 Å². The van der Waals surface area contributed by atoms with Crippen LogP contribution in [0.4, 0.5) is 11.5 Å². The summed E-state index contributed by atoms with van der Waals surface area (Å²) in [5, 5.41) is 6.55. The first kappa shape index (κ1) is 14.6. The first-order valence-electron chi connectivity index (χ1n) is 5.93. The summed E-state index contributed by atoms with van der Waals surface area (Å²) in [6.45, 7) is 1.85. The number of amides is 1. The number of pyridine rings is 1. The van der Waals surface area contributed by atoms with Gasteiger partial charge in [0, 0.05) is 12.1 Å². The fourth-order valence-electron chi connectivity index (χ4n) is 1.63. The highest BCUT2D eigenvalue weighted by molar-refractivity contribution is 6.36. The molecule has 0 aliphatic carbocycles. The quantitative estimate of drug-likeness (QED) is 0.901. The van der Waals surface area contributed by atoms with E-state index in [0.29, 0.717) is 27.2 Å². The van der Waals surface area contributed by atoms with Crippen LogP contribution in [0.25, 0.3) is 0 Å². The Kier molecular flexibility index (Phi) is 4.47. The van der Waals surface area contributed by atoms with Crippen LogP contribution in [0.15, 0.2) is 30.3 Å². The molecule has 0 saturated heterocycles. The third-order valence-electron chi connectivity index (χ3n) is 2.73. The number of nitrogens with one attached hydrogen (secondary N) is 2. The first-order chi connectivity index (χ1) is 9.51. The largest absolute Gasteiger partial charge is 0.373 e. The van der Waals surface area contributed by atoms with E-state index >= 15 is 0 Å². The Balaban J connectivity index is 2.25. The van der Waals surface area contributed by atoms with Crippen molar-refractivity contribution in [3.8, 4) is 0 Å². The van der Waals surface area contributed by atoms with Crippen LogP contribution in [0.5, 0.6) is 0 Å². The molecular formula is C14H13Cl2N3O. The van der Waals surface area contributed by atoms with Gasteiger partial charge in [-0.1, -0.05) is 29.3 Å². The summed E-state index contributed by atoms with van der Waals surface area (Å²) >= 11 is 12.1. The van der Waals surface area contributed by atoms with Crippen molar-refractivity contribution < 1.29 is 4.79 Å². The summed E-state index contributed by atoms with van der Waals surface area (Å²) in [6.07, 6.45) is 0. The average Bonchev–Trinajstić information content (AvgIpc) is 2.44. The summed E-state index contributed by atoms with van der Waals surface area (Å²) in [5.41, 5.74) is 1.61. The third kappa shape index (κ3) is 3.21. The van der Waals surface area contributed by atoms with Gasteiger partial charge in [-0.05, 0) is 36.8 Å². The number of aromatic nitrogens is 1. The van der Waals surface area contributed by atoms with E-state index in [9.17, 15) is 4.79 Å². The maximum absolute atomic E-state index is 12.1. The lowest BCUT2D eigenvalue weighted by molar-refractivity contribution is 0.102. The SMILES string of the molecule is CNc1cccc(C(=O)Nc2cc(Cl)c(C)cc2Cl)n1. The summed E-state index contributed by atoms with van der Waals surface area (Å²) < 4.78 is 0. The van der Waals surface area contributed by atoms with Crippen LogP contribution in [0.3, 0.4) is 0 Å². The highest BCUT2D eigenvalue weighted by Gasteiger charge is 2.11. The number of carbonyl (C=O) groups excluding carboxylic acids is 1. The van der Waals surface area contributed by atoms with Crippen LogP contribution in [-0.4, -0.2) is 17.9 Å². The van der Waals surface area contributed by atoms with Crippen molar-refractivity contribution in [1.29, 1.82) is 0 Å². The first-order valence-corrected chi connectivity index (χ1v) is 6.68. The monoisotopic (exact) mass is 309 g/mol. The van der Waals surface area contributed by atoms with Gasteiger partial charge in [-0.2, -0.15) is 0 Å². The standard InChI is InChI=1S/C14H13Cl2N3O/c1-8-6-10(16)12(7-9(8)15)19-14(20)11-4-3-5-13(17-2)18-11/h3-7H,1-2H3,(H,17,18)(H,19,20). The van der Waals surface area contributed by atoms with E-state index < -0.39 is 0 Å². The van der Waals surface area contributed by atoms with Gasteiger partial charge in [0.1, 0.15) is 11.5 Å². The Labute approximate surface area is 127 Å². The molecule has 0 saturated carbocycles.